The lowest BCUT2D eigenvalue weighted by molar-refractivity contribution is -0.133. The molecule has 0 unspecified atom stereocenters. The molecule has 0 amide bonds. The Hall–Kier alpha value is -1.75. The van der Waals surface area contributed by atoms with Gasteiger partial charge in [-0.15, -0.1) is 0 Å². The van der Waals surface area contributed by atoms with Gasteiger partial charge in [0.15, 0.2) is 11.5 Å². The quantitative estimate of drug-likeness (QED) is 0.415. The van der Waals surface area contributed by atoms with Gasteiger partial charge < -0.3 is 9.47 Å². The van der Waals surface area contributed by atoms with Gasteiger partial charge in [0.05, 0.1) is 6.61 Å². The van der Waals surface area contributed by atoms with Gasteiger partial charge >= 0.3 is 5.97 Å². The van der Waals surface area contributed by atoms with E-state index in [0.717, 1.165) is 11.1 Å². The van der Waals surface area contributed by atoms with E-state index in [-0.39, 0.29) is 5.75 Å². The van der Waals surface area contributed by atoms with E-state index >= 15 is 0 Å². The fourth-order valence-electron chi connectivity index (χ4n) is 1.81. The van der Waals surface area contributed by atoms with E-state index in [1.807, 2.05) is 31.2 Å². The summed E-state index contributed by atoms with van der Waals surface area (Å²) in [5.41, 5.74) is 1.87. The highest BCUT2D eigenvalue weighted by Gasteiger charge is 2.33. The molecule has 1 aromatic heterocycles. The second kappa shape index (κ2) is 8.38. The van der Waals surface area contributed by atoms with Crippen molar-refractivity contribution in [3.05, 3.63) is 53.9 Å². The molecule has 4 nitrogen and oxygen atoms in total. The zero-order valence-corrected chi connectivity index (χ0v) is 15.0. The second-order valence-corrected chi connectivity index (χ2v) is 6.92. The van der Waals surface area contributed by atoms with Gasteiger partial charge in [-0.05, 0) is 42.3 Å². The summed E-state index contributed by atoms with van der Waals surface area (Å²) in [6.07, 6.45) is 7.26. The van der Waals surface area contributed by atoms with E-state index in [4.69, 9.17) is 44.3 Å². The highest BCUT2D eigenvalue weighted by molar-refractivity contribution is 6.75. The molecule has 2 aromatic rings. The van der Waals surface area contributed by atoms with E-state index in [1.54, 1.807) is 30.6 Å². The number of aromatic nitrogens is 1. The SMILES string of the molecule is CCOc1cc(/C=C/c2ccncc2)ccc1OC(=O)C(Cl)(Cl)Cl. The molecule has 0 aliphatic carbocycles. The number of carbonyl (C=O) groups is 1. The zero-order chi connectivity index (χ0) is 17.6. The summed E-state index contributed by atoms with van der Waals surface area (Å²) < 4.78 is 8.43. The van der Waals surface area contributed by atoms with Crippen LogP contribution in [0, 0.1) is 0 Å². The molecule has 1 aromatic carbocycles. The van der Waals surface area contributed by atoms with Gasteiger partial charge in [0.2, 0.25) is 0 Å². The number of carbonyl (C=O) groups excluding carboxylic acids is 1. The van der Waals surface area contributed by atoms with Crippen LogP contribution in [0.2, 0.25) is 0 Å². The summed E-state index contributed by atoms with van der Waals surface area (Å²) >= 11 is 16.5. The van der Waals surface area contributed by atoms with Gasteiger partial charge in [0, 0.05) is 12.4 Å². The Morgan fingerprint density at radius 2 is 1.75 bits per heavy atom. The van der Waals surface area contributed by atoms with E-state index in [2.05, 4.69) is 4.98 Å². The summed E-state index contributed by atoms with van der Waals surface area (Å²) in [4.78, 5) is 15.7. The Morgan fingerprint density at radius 1 is 1.08 bits per heavy atom. The van der Waals surface area contributed by atoms with E-state index in [9.17, 15) is 4.79 Å². The third kappa shape index (κ3) is 5.41. The van der Waals surface area contributed by atoms with Crippen LogP contribution >= 0.6 is 34.8 Å². The van der Waals surface area contributed by atoms with Crippen molar-refractivity contribution in [1.29, 1.82) is 0 Å². The van der Waals surface area contributed by atoms with Gasteiger partial charge in [-0.1, -0.05) is 53.0 Å². The van der Waals surface area contributed by atoms with Crippen molar-refractivity contribution >= 4 is 52.9 Å². The Kier molecular flexibility index (Phi) is 6.49. The maximum Gasteiger partial charge on any atom is 0.364 e. The van der Waals surface area contributed by atoms with Crippen LogP contribution in [-0.4, -0.2) is 21.4 Å². The first kappa shape index (κ1) is 18.6. The average Bonchev–Trinajstić information content (AvgIpc) is 2.55. The lowest BCUT2D eigenvalue weighted by atomic mass is 10.1. The van der Waals surface area contributed by atoms with Crippen LogP contribution in [0.4, 0.5) is 0 Å². The van der Waals surface area contributed by atoms with Crippen molar-refractivity contribution in [2.24, 2.45) is 0 Å². The molecule has 1 heterocycles. The molecule has 0 aliphatic heterocycles. The molecule has 0 N–H and O–H groups in total. The molecule has 0 saturated carbocycles. The maximum absolute atomic E-state index is 11.7. The smallest absolute Gasteiger partial charge is 0.364 e. The number of hydrogen-bond acceptors (Lipinski definition) is 4. The summed E-state index contributed by atoms with van der Waals surface area (Å²) in [5.74, 6) is -0.417. The number of ether oxygens (including phenoxy) is 2. The molecule has 7 heteroatoms. The van der Waals surface area contributed by atoms with Crippen molar-refractivity contribution in [3.63, 3.8) is 0 Å². The summed E-state index contributed by atoms with van der Waals surface area (Å²) in [6, 6.07) is 8.86. The minimum Gasteiger partial charge on any atom is -0.490 e. The van der Waals surface area contributed by atoms with Crippen LogP contribution in [0.25, 0.3) is 12.2 Å². The molecule has 0 spiro atoms. The monoisotopic (exact) mass is 385 g/mol. The van der Waals surface area contributed by atoms with Crippen LogP contribution in [0.5, 0.6) is 11.5 Å². The molecule has 0 radical (unpaired) electrons. The number of benzene rings is 1. The fourth-order valence-corrected chi connectivity index (χ4v) is 1.92. The Balaban J connectivity index is 2.23. The molecule has 0 saturated heterocycles. The largest absolute Gasteiger partial charge is 0.490 e. The van der Waals surface area contributed by atoms with Gasteiger partial charge in [0.1, 0.15) is 0 Å². The van der Waals surface area contributed by atoms with Gasteiger partial charge in [-0.3, -0.25) is 4.98 Å². The molecular formula is C17H14Cl3NO3. The molecule has 126 valence electrons. The van der Waals surface area contributed by atoms with E-state index in [1.165, 1.54) is 0 Å². The molecule has 24 heavy (non-hydrogen) atoms. The Morgan fingerprint density at radius 3 is 2.38 bits per heavy atom. The number of hydrogen-bond donors (Lipinski definition) is 0. The highest BCUT2D eigenvalue weighted by atomic mass is 35.6. The number of pyridine rings is 1. The third-order valence-corrected chi connectivity index (χ3v) is 3.34. The lowest BCUT2D eigenvalue weighted by Crippen LogP contribution is -2.25. The minimum atomic E-state index is -2.15. The third-order valence-electron chi connectivity index (χ3n) is 2.88. The summed E-state index contributed by atoms with van der Waals surface area (Å²) in [5, 5.41) is 0. The summed E-state index contributed by atoms with van der Waals surface area (Å²) in [7, 11) is 0. The predicted molar refractivity (Wildman–Crippen MR) is 96.7 cm³/mol. The average molecular weight is 387 g/mol. The van der Waals surface area contributed by atoms with Crippen molar-refractivity contribution < 1.29 is 14.3 Å². The van der Waals surface area contributed by atoms with Crippen LogP contribution in [0.1, 0.15) is 18.1 Å². The molecule has 0 bridgehead atoms. The van der Waals surface area contributed by atoms with E-state index < -0.39 is 9.76 Å². The maximum atomic E-state index is 11.7. The predicted octanol–water partition coefficient (Wildman–Crippen LogP) is 4.93. The highest BCUT2D eigenvalue weighted by Crippen LogP contribution is 2.33. The molecule has 0 fully saturated rings. The van der Waals surface area contributed by atoms with Crippen molar-refractivity contribution in [2.45, 2.75) is 10.7 Å². The first-order chi connectivity index (χ1) is 11.4. The van der Waals surface area contributed by atoms with Crippen molar-refractivity contribution in [2.75, 3.05) is 6.61 Å². The van der Waals surface area contributed by atoms with Gasteiger partial charge in [-0.25, -0.2) is 4.79 Å². The fraction of sp³-hybridized carbons (Fsp3) is 0.176. The number of nitrogens with zero attached hydrogens (tertiary/aromatic N) is 1. The molecular weight excluding hydrogens is 373 g/mol. The first-order valence-corrected chi connectivity index (χ1v) is 8.17. The molecule has 0 aliphatic rings. The lowest BCUT2D eigenvalue weighted by Gasteiger charge is -2.14. The normalized spacial score (nSPS) is 11.5. The molecule has 2 rings (SSSR count). The zero-order valence-electron chi connectivity index (χ0n) is 12.7. The van der Waals surface area contributed by atoms with Crippen LogP contribution in [0.15, 0.2) is 42.7 Å². The Bertz CT molecular complexity index is 728. The van der Waals surface area contributed by atoms with Crippen LogP contribution < -0.4 is 9.47 Å². The van der Waals surface area contributed by atoms with Gasteiger partial charge in [0.25, 0.3) is 3.79 Å². The number of esters is 1. The molecule has 0 atom stereocenters. The van der Waals surface area contributed by atoms with Crippen LogP contribution in [0.3, 0.4) is 0 Å². The van der Waals surface area contributed by atoms with E-state index in [0.29, 0.717) is 12.4 Å². The first-order valence-electron chi connectivity index (χ1n) is 7.04. The number of rotatable bonds is 5. The van der Waals surface area contributed by atoms with Crippen molar-refractivity contribution in [3.8, 4) is 11.5 Å². The standard InChI is InChI=1S/C17H14Cl3NO3/c1-2-23-15-11-13(4-3-12-7-9-21-10-8-12)5-6-14(15)24-16(22)17(18,19)20/h3-11H,2H2,1H3/b4-3+. The minimum absolute atomic E-state index is 0.189. The Labute approximate surface area is 155 Å². The van der Waals surface area contributed by atoms with Crippen molar-refractivity contribution in [1.82, 2.24) is 4.98 Å². The van der Waals surface area contributed by atoms with Crippen LogP contribution in [-0.2, 0) is 4.79 Å². The van der Waals surface area contributed by atoms with Gasteiger partial charge in [-0.2, -0.15) is 0 Å². The number of halogens is 3. The second-order valence-electron chi connectivity index (χ2n) is 4.64. The topological polar surface area (TPSA) is 48.4 Å². The number of alkyl halides is 3. The summed E-state index contributed by atoms with van der Waals surface area (Å²) in [6.45, 7) is 2.22.